The minimum Gasteiger partial charge on any atom is -0.385 e. The van der Waals surface area contributed by atoms with E-state index in [-0.39, 0.29) is 5.75 Å². The Labute approximate surface area is 141 Å². The molecule has 0 saturated heterocycles. The third-order valence-electron chi connectivity index (χ3n) is 2.86. The monoisotopic (exact) mass is 353 g/mol. The molecule has 6 nitrogen and oxygen atoms in total. The van der Waals surface area contributed by atoms with E-state index in [4.69, 9.17) is 17.9 Å². The summed E-state index contributed by atoms with van der Waals surface area (Å²) in [6.45, 7) is 14.9. The van der Waals surface area contributed by atoms with E-state index in [9.17, 15) is 8.42 Å². The molecule has 23 heavy (non-hydrogen) atoms. The standard InChI is InChI=1S/C15H19N3O3S2/c1-16-14-7-6-13(12-15(14)17-2)22-10-5-11-23(19,20)18-8-4-9-21-3/h6-7,12,18H,4-5,8-11H2,3H3. The van der Waals surface area contributed by atoms with Crippen molar-refractivity contribution in [2.24, 2.45) is 0 Å². The molecule has 0 radical (unpaired) electrons. The summed E-state index contributed by atoms with van der Waals surface area (Å²) in [7, 11) is -1.67. The Morgan fingerprint density at radius 3 is 2.61 bits per heavy atom. The zero-order valence-electron chi connectivity index (χ0n) is 12.9. The van der Waals surface area contributed by atoms with E-state index in [1.807, 2.05) is 0 Å². The van der Waals surface area contributed by atoms with Gasteiger partial charge in [-0.1, -0.05) is 18.2 Å². The van der Waals surface area contributed by atoms with Crippen molar-refractivity contribution < 1.29 is 13.2 Å². The maximum Gasteiger partial charge on any atom is 0.211 e. The zero-order valence-corrected chi connectivity index (χ0v) is 14.5. The van der Waals surface area contributed by atoms with Crippen LogP contribution in [0.15, 0.2) is 23.1 Å². The number of benzene rings is 1. The Morgan fingerprint density at radius 2 is 1.96 bits per heavy atom. The van der Waals surface area contributed by atoms with Gasteiger partial charge >= 0.3 is 0 Å². The lowest BCUT2D eigenvalue weighted by Crippen LogP contribution is -2.28. The Kier molecular flexibility index (Phi) is 8.67. The van der Waals surface area contributed by atoms with Crippen molar-refractivity contribution >= 4 is 33.2 Å². The van der Waals surface area contributed by atoms with Crippen LogP contribution in [0.5, 0.6) is 0 Å². The maximum absolute atomic E-state index is 11.8. The van der Waals surface area contributed by atoms with Gasteiger partial charge in [0, 0.05) is 20.3 Å². The number of ether oxygens (including phenoxy) is 1. The van der Waals surface area contributed by atoms with Crippen LogP contribution >= 0.6 is 11.8 Å². The summed E-state index contributed by atoms with van der Waals surface area (Å²) in [4.78, 5) is 7.48. The van der Waals surface area contributed by atoms with Crippen molar-refractivity contribution in [1.82, 2.24) is 4.72 Å². The van der Waals surface area contributed by atoms with Crippen LogP contribution < -0.4 is 4.72 Å². The lowest BCUT2D eigenvalue weighted by molar-refractivity contribution is 0.196. The van der Waals surface area contributed by atoms with Crippen LogP contribution in [0.25, 0.3) is 9.69 Å². The van der Waals surface area contributed by atoms with E-state index >= 15 is 0 Å². The molecule has 0 spiro atoms. The van der Waals surface area contributed by atoms with Crippen molar-refractivity contribution in [3.8, 4) is 0 Å². The predicted octanol–water partition coefficient (Wildman–Crippen LogP) is 3.23. The molecule has 0 aromatic heterocycles. The van der Waals surface area contributed by atoms with Crippen LogP contribution in [0.4, 0.5) is 11.4 Å². The summed E-state index contributed by atoms with van der Waals surface area (Å²) in [6.07, 6.45) is 1.17. The fourth-order valence-corrected chi connectivity index (χ4v) is 3.92. The zero-order chi connectivity index (χ0) is 17.1. The molecule has 1 aromatic rings. The molecule has 0 fully saturated rings. The molecule has 0 unspecified atom stereocenters. The smallest absolute Gasteiger partial charge is 0.211 e. The predicted molar refractivity (Wildman–Crippen MR) is 92.6 cm³/mol. The second kappa shape index (κ2) is 10.2. The molecular formula is C15H19N3O3S2. The Morgan fingerprint density at radius 1 is 1.22 bits per heavy atom. The van der Waals surface area contributed by atoms with Gasteiger partial charge in [0.1, 0.15) is 0 Å². The number of sulfonamides is 1. The van der Waals surface area contributed by atoms with Crippen molar-refractivity contribution in [2.75, 3.05) is 31.8 Å². The second-order valence-electron chi connectivity index (χ2n) is 4.64. The molecule has 1 aromatic carbocycles. The van der Waals surface area contributed by atoms with E-state index in [1.165, 1.54) is 11.8 Å². The second-order valence-corrected chi connectivity index (χ2v) is 7.73. The van der Waals surface area contributed by atoms with Crippen molar-refractivity contribution in [3.63, 3.8) is 0 Å². The number of nitrogens with one attached hydrogen (secondary N) is 1. The average Bonchev–Trinajstić information content (AvgIpc) is 2.55. The van der Waals surface area contributed by atoms with Crippen LogP contribution in [0.2, 0.25) is 0 Å². The van der Waals surface area contributed by atoms with Crippen molar-refractivity contribution in [1.29, 1.82) is 0 Å². The topological polar surface area (TPSA) is 64.1 Å². The highest BCUT2D eigenvalue weighted by Gasteiger charge is 2.09. The first-order valence-corrected chi connectivity index (χ1v) is 9.64. The molecule has 1 rings (SSSR count). The van der Waals surface area contributed by atoms with Gasteiger partial charge < -0.3 is 4.74 Å². The van der Waals surface area contributed by atoms with Crippen LogP contribution in [-0.4, -0.2) is 40.2 Å². The van der Waals surface area contributed by atoms with Crippen LogP contribution in [0, 0.1) is 13.1 Å². The highest BCUT2D eigenvalue weighted by atomic mass is 32.2. The Hall–Kier alpha value is -1.58. The Balaban J connectivity index is 2.37. The first-order valence-electron chi connectivity index (χ1n) is 7.00. The maximum atomic E-state index is 11.8. The summed E-state index contributed by atoms with van der Waals surface area (Å²) in [5.41, 5.74) is 0.671. The van der Waals surface area contributed by atoms with Gasteiger partial charge in [0.15, 0.2) is 11.4 Å². The minimum atomic E-state index is -3.25. The minimum absolute atomic E-state index is 0.0722. The molecular weight excluding hydrogens is 334 g/mol. The van der Waals surface area contributed by atoms with Gasteiger partial charge in [0.2, 0.25) is 10.0 Å². The summed E-state index contributed by atoms with van der Waals surface area (Å²) in [6, 6.07) is 5.07. The number of hydrogen-bond acceptors (Lipinski definition) is 4. The highest BCUT2D eigenvalue weighted by molar-refractivity contribution is 7.99. The summed E-state index contributed by atoms with van der Waals surface area (Å²) in [5.74, 6) is 0.705. The number of nitrogens with zero attached hydrogens (tertiary/aromatic N) is 2. The van der Waals surface area contributed by atoms with Gasteiger partial charge in [-0.05, 0) is 23.5 Å². The molecule has 0 aliphatic carbocycles. The fourth-order valence-electron chi connectivity index (χ4n) is 1.73. The van der Waals surface area contributed by atoms with E-state index in [0.29, 0.717) is 43.1 Å². The molecule has 0 aliphatic heterocycles. The van der Waals surface area contributed by atoms with Gasteiger partial charge in [-0.3, -0.25) is 9.69 Å². The molecule has 0 aliphatic rings. The number of rotatable bonds is 10. The molecule has 0 heterocycles. The Bertz CT molecular complexity index is 691. The molecule has 124 valence electrons. The summed E-state index contributed by atoms with van der Waals surface area (Å²) < 4.78 is 30.9. The number of thioether (sulfide) groups is 1. The first kappa shape index (κ1) is 19.5. The van der Waals surface area contributed by atoms with Crippen LogP contribution in [-0.2, 0) is 14.8 Å². The van der Waals surface area contributed by atoms with Crippen LogP contribution in [0.1, 0.15) is 12.8 Å². The van der Waals surface area contributed by atoms with E-state index < -0.39 is 10.0 Å². The molecule has 0 bridgehead atoms. The highest BCUT2D eigenvalue weighted by Crippen LogP contribution is 2.32. The van der Waals surface area contributed by atoms with Gasteiger partial charge in [0.25, 0.3) is 0 Å². The molecule has 0 saturated carbocycles. The van der Waals surface area contributed by atoms with Gasteiger partial charge in [-0.2, -0.15) is 0 Å². The van der Waals surface area contributed by atoms with Gasteiger partial charge in [-0.25, -0.2) is 13.1 Å². The third-order valence-corrected chi connectivity index (χ3v) is 5.41. The molecule has 0 amide bonds. The first-order chi connectivity index (χ1) is 11.0. The number of methoxy groups -OCH3 is 1. The van der Waals surface area contributed by atoms with E-state index in [2.05, 4.69) is 14.4 Å². The molecule has 0 atom stereocenters. The van der Waals surface area contributed by atoms with E-state index in [0.717, 1.165) is 4.90 Å². The summed E-state index contributed by atoms with van der Waals surface area (Å²) in [5, 5.41) is 0. The van der Waals surface area contributed by atoms with Gasteiger partial charge in [-0.15, -0.1) is 11.8 Å². The summed E-state index contributed by atoms with van der Waals surface area (Å²) >= 11 is 1.48. The third kappa shape index (κ3) is 7.49. The molecule has 8 heteroatoms. The number of hydrogen-bond donors (Lipinski definition) is 1. The largest absolute Gasteiger partial charge is 0.385 e. The van der Waals surface area contributed by atoms with Crippen molar-refractivity contribution in [2.45, 2.75) is 17.7 Å². The SMILES string of the molecule is [C-]#[N+]c1ccc(SCCCS(=O)(=O)NCCCOC)cc1[N+]#[C-]. The van der Waals surface area contributed by atoms with Crippen LogP contribution in [0.3, 0.4) is 0 Å². The molecule has 1 N–H and O–H groups in total. The fraction of sp³-hybridized carbons (Fsp3) is 0.467. The van der Waals surface area contributed by atoms with E-state index in [1.54, 1.807) is 25.3 Å². The lowest BCUT2D eigenvalue weighted by atomic mass is 10.3. The quantitative estimate of drug-likeness (QED) is 0.398. The van der Waals surface area contributed by atoms with Gasteiger partial charge in [0.05, 0.1) is 18.9 Å². The van der Waals surface area contributed by atoms with Crippen molar-refractivity contribution in [3.05, 3.63) is 41.0 Å². The lowest BCUT2D eigenvalue weighted by Gasteiger charge is -2.07. The average molecular weight is 353 g/mol. The normalized spacial score (nSPS) is 10.9.